The van der Waals surface area contributed by atoms with Gasteiger partial charge < -0.3 is 9.52 Å². The summed E-state index contributed by atoms with van der Waals surface area (Å²) >= 11 is 3.07. The Bertz CT molecular complexity index is 445. The maximum Gasteiger partial charge on any atom is 0.357 e. The van der Waals surface area contributed by atoms with E-state index >= 15 is 0 Å². The minimum atomic E-state index is -1.08. The van der Waals surface area contributed by atoms with Crippen molar-refractivity contribution in [3.63, 3.8) is 0 Å². The number of aromatic nitrogens is 2. The van der Waals surface area contributed by atoms with Gasteiger partial charge in [0.15, 0.2) is 5.69 Å². The topological polar surface area (TPSA) is 67.7 Å². The zero-order valence-corrected chi connectivity index (χ0v) is 7.28. The summed E-state index contributed by atoms with van der Waals surface area (Å²) in [6.45, 7) is 0. The molecule has 2 aromatic heterocycles. The second-order valence-corrected chi connectivity index (χ2v) is 2.91. The lowest BCUT2D eigenvalue weighted by Crippen LogP contribution is -1.98. The van der Waals surface area contributed by atoms with Crippen LogP contribution in [0.5, 0.6) is 0 Å². The predicted molar refractivity (Wildman–Crippen MR) is 42.1 cm³/mol. The molecule has 1 N–H and O–H groups in total. The van der Waals surface area contributed by atoms with Crippen molar-refractivity contribution in [2.24, 2.45) is 0 Å². The molecule has 0 bridgehead atoms. The highest BCUT2D eigenvalue weighted by Crippen LogP contribution is 2.22. The van der Waals surface area contributed by atoms with Gasteiger partial charge in [-0.05, 0) is 15.9 Å². The molecule has 0 unspecified atom stereocenters. The molecule has 0 spiro atoms. The van der Waals surface area contributed by atoms with Gasteiger partial charge in [-0.1, -0.05) is 0 Å². The number of carboxylic acid groups (broad SMARTS) is 1. The third-order valence-corrected chi connectivity index (χ3v) is 2.11. The van der Waals surface area contributed by atoms with Crippen molar-refractivity contribution < 1.29 is 14.3 Å². The second-order valence-electron chi connectivity index (χ2n) is 2.12. The first-order chi connectivity index (χ1) is 5.70. The van der Waals surface area contributed by atoms with E-state index < -0.39 is 5.97 Å². The molecule has 12 heavy (non-hydrogen) atoms. The predicted octanol–water partition coefficient (Wildman–Crippen LogP) is 1.39. The quantitative estimate of drug-likeness (QED) is 0.804. The van der Waals surface area contributed by atoms with E-state index in [1.807, 2.05) is 0 Å². The van der Waals surface area contributed by atoms with E-state index in [-0.39, 0.29) is 5.69 Å². The van der Waals surface area contributed by atoms with Crippen LogP contribution in [0.4, 0.5) is 0 Å². The van der Waals surface area contributed by atoms with Gasteiger partial charge in [-0.2, -0.15) is 5.10 Å². The van der Waals surface area contributed by atoms with Crippen molar-refractivity contribution in [3.8, 4) is 0 Å². The van der Waals surface area contributed by atoms with Gasteiger partial charge in [-0.25, -0.2) is 9.31 Å². The van der Waals surface area contributed by atoms with Crippen molar-refractivity contribution in [2.45, 2.75) is 0 Å². The molecular weight excluding hydrogens is 228 g/mol. The molecule has 2 rings (SSSR count). The first kappa shape index (κ1) is 7.35. The van der Waals surface area contributed by atoms with E-state index in [4.69, 9.17) is 9.52 Å². The molecule has 0 saturated carbocycles. The Balaban J connectivity index is 2.78. The number of rotatable bonds is 1. The molecular formula is C6H3BrN2O3. The number of nitrogens with zero attached hydrogens (tertiary/aromatic N) is 2. The minimum absolute atomic E-state index is 0.0469. The molecule has 0 aromatic carbocycles. The molecule has 0 aliphatic rings. The molecule has 0 aliphatic heterocycles. The molecule has 2 aromatic rings. The van der Waals surface area contributed by atoms with Gasteiger partial charge in [0.2, 0.25) is 5.71 Å². The summed E-state index contributed by atoms with van der Waals surface area (Å²) in [5.74, 6) is -1.08. The number of carboxylic acids is 1. The number of fused-ring (bicyclic) bond motifs is 1. The molecule has 5 nitrogen and oxygen atoms in total. The van der Waals surface area contributed by atoms with Crippen LogP contribution in [0, 0.1) is 0 Å². The maximum atomic E-state index is 10.5. The van der Waals surface area contributed by atoms with Gasteiger partial charge in [0.25, 0.3) is 0 Å². The Morgan fingerprint density at radius 1 is 1.75 bits per heavy atom. The summed E-state index contributed by atoms with van der Waals surface area (Å²) in [5.41, 5.74) is 0.349. The fourth-order valence-electron chi connectivity index (χ4n) is 0.895. The third kappa shape index (κ3) is 0.845. The lowest BCUT2D eigenvalue weighted by Gasteiger charge is -1.83. The van der Waals surface area contributed by atoms with Crippen LogP contribution in [0.2, 0.25) is 0 Å². The normalized spacial score (nSPS) is 10.8. The van der Waals surface area contributed by atoms with E-state index in [0.717, 1.165) is 0 Å². The van der Waals surface area contributed by atoms with Crippen LogP contribution in [0.15, 0.2) is 21.3 Å². The number of carbonyl (C=O) groups is 1. The van der Waals surface area contributed by atoms with Crippen LogP contribution < -0.4 is 0 Å². The zero-order valence-electron chi connectivity index (χ0n) is 5.69. The highest BCUT2D eigenvalue weighted by molar-refractivity contribution is 9.10. The molecule has 6 heteroatoms. The van der Waals surface area contributed by atoms with E-state index in [1.54, 1.807) is 0 Å². The average molecular weight is 231 g/mol. The summed E-state index contributed by atoms with van der Waals surface area (Å²) in [6.07, 6.45) is 2.96. The molecule has 0 fully saturated rings. The number of hydrogen-bond donors (Lipinski definition) is 1. The Hall–Kier alpha value is -1.30. The monoisotopic (exact) mass is 230 g/mol. The Morgan fingerprint density at radius 2 is 2.50 bits per heavy atom. The first-order valence-electron chi connectivity index (χ1n) is 3.05. The number of oxazole rings is 1. The van der Waals surface area contributed by atoms with E-state index in [9.17, 15) is 4.79 Å². The van der Waals surface area contributed by atoms with Crippen molar-refractivity contribution >= 4 is 27.6 Å². The molecule has 2 heterocycles. The van der Waals surface area contributed by atoms with Crippen molar-refractivity contribution in [2.75, 3.05) is 0 Å². The fraction of sp³-hybridized carbons (Fsp3) is 0. The Kier molecular flexibility index (Phi) is 1.44. The van der Waals surface area contributed by atoms with Gasteiger partial charge in [-0.15, -0.1) is 0 Å². The second kappa shape index (κ2) is 2.34. The van der Waals surface area contributed by atoms with Gasteiger partial charge in [0, 0.05) is 0 Å². The molecule has 0 saturated heterocycles. The van der Waals surface area contributed by atoms with Gasteiger partial charge in [-0.3, -0.25) is 0 Å². The fourth-order valence-corrected chi connectivity index (χ4v) is 1.42. The molecule has 0 aliphatic carbocycles. The third-order valence-electron chi connectivity index (χ3n) is 1.40. The van der Waals surface area contributed by atoms with E-state index in [2.05, 4.69) is 21.0 Å². The highest BCUT2D eigenvalue weighted by atomic mass is 79.9. The highest BCUT2D eigenvalue weighted by Gasteiger charge is 2.17. The van der Waals surface area contributed by atoms with Gasteiger partial charge >= 0.3 is 5.97 Å². The van der Waals surface area contributed by atoms with E-state index in [1.165, 1.54) is 17.0 Å². The molecule has 62 valence electrons. The first-order valence-corrected chi connectivity index (χ1v) is 3.84. The largest absolute Gasteiger partial charge is 0.476 e. The average Bonchev–Trinajstić information content (AvgIpc) is 2.53. The van der Waals surface area contributed by atoms with Crippen LogP contribution >= 0.6 is 15.9 Å². The summed E-state index contributed by atoms with van der Waals surface area (Å²) in [7, 11) is 0. The summed E-state index contributed by atoms with van der Waals surface area (Å²) < 4.78 is 6.69. The Morgan fingerprint density at radius 3 is 3.08 bits per heavy atom. The SMILES string of the molecule is O=C(O)c1nn2ccoc2c1Br. The standard InChI is InChI=1S/C6H3BrN2O3/c7-3-4(6(10)11)8-9-1-2-12-5(3)9/h1-2H,(H,10,11). The van der Waals surface area contributed by atoms with Crippen LogP contribution in [0.1, 0.15) is 10.5 Å². The molecule has 0 radical (unpaired) electrons. The van der Waals surface area contributed by atoms with Crippen molar-refractivity contribution in [1.29, 1.82) is 0 Å². The summed E-state index contributed by atoms with van der Waals surface area (Å²) in [6, 6.07) is 0. The van der Waals surface area contributed by atoms with Crippen LogP contribution in [-0.2, 0) is 0 Å². The summed E-state index contributed by atoms with van der Waals surface area (Å²) in [5, 5.41) is 12.4. The van der Waals surface area contributed by atoms with Crippen molar-refractivity contribution in [1.82, 2.24) is 9.61 Å². The number of aromatic carboxylic acids is 1. The lowest BCUT2D eigenvalue weighted by atomic mass is 10.4. The van der Waals surface area contributed by atoms with E-state index in [0.29, 0.717) is 10.2 Å². The molecule has 0 atom stereocenters. The zero-order chi connectivity index (χ0) is 8.72. The Labute approximate surface area is 74.7 Å². The van der Waals surface area contributed by atoms with Gasteiger partial charge in [0.05, 0.1) is 6.20 Å². The maximum absolute atomic E-state index is 10.5. The lowest BCUT2D eigenvalue weighted by molar-refractivity contribution is 0.0689. The molecule has 0 amide bonds. The number of hydrogen-bond acceptors (Lipinski definition) is 3. The van der Waals surface area contributed by atoms with Gasteiger partial charge in [0.1, 0.15) is 10.7 Å². The minimum Gasteiger partial charge on any atom is -0.476 e. The van der Waals surface area contributed by atoms with Crippen LogP contribution in [0.3, 0.4) is 0 Å². The van der Waals surface area contributed by atoms with Crippen LogP contribution in [0.25, 0.3) is 5.71 Å². The summed E-state index contributed by atoms with van der Waals surface area (Å²) in [4.78, 5) is 10.5. The number of halogens is 1. The van der Waals surface area contributed by atoms with Crippen LogP contribution in [-0.4, -0.2) is 20.7 Å². The smallest absolute Gasteiger partial charge is 0.357 e. The van der Waals surface area contributed by atoms with Crippen molar-refractivity contribution in [3.05, 3.63) is 22.6 Å².